The highest BCUT2D eigenvalue weighted by atomic mass is 16.6. The normalized spacial score (nSPS) is 15.8. The van der Waals surface area contributed by atoms with E-state index in [2.05, 4.69) is 0 Å². The minimum absolute atomic E-state index is 0.00607. The average molecular weight is 328 g/mol. The first-order valence-corrected chi connectivity index (χ1v) is 8.22. The summed E-state index contributed by atoms with van der Waals surface area (Å²) >= 11 is 0. The molecule has 0 radical (unpaired) electrons. The van der Waals surface area contributed by atoms with Crippen molar-refractivity contribution in [3.63, 3.8) is 0 Å². The van der Waals surface area contributed by atoms with Crippen molar-refractivity contribution in [2.24, 2.45) is 11.8 Å². The molecule has 23 heavy (non-hydrogen) atoms. The lowest BCUT2D eigenvalue weighted by Crippen LogP contribution is -2.35. The third-order valence-electron chi connectivity index (χ3n) is 3.32. The SMILES string of the molecule is CCOC(=O)CCC(C(=O)COCC1CC1)C(=O)OC(C)(C)C. The molecule has 1 rings (SSSR count). The Balaban J connectivity index is 2.55. The van der Waals surface area contributed by atoms with Crippen molar-refractivity contribution in [1.82, 2.24) is 0 Å². The lowest BCUT2D eigenvalue weighted by molar-refractivity contribution is -0.163. The molecule has 1 unspecified atom stereocenters. The number of carbonyl (C=O) groups excluding carboxylic acids is 3. The summed E-state index contributed by atoms with van der Waals surface area (Å²) in [5, 5.41) is 0. The van der Waals surface area contributed by atoms with Crippen LogP contribution in [0.25, 0.3) is 0 Å². The van der Waals surface area contributed by atoms with E-state index in [-0.39, 0.29) is 31.8 Å². The van der Waals surface area contributed by atoms with Crippen LogP contribution < -0.4 is 0 Å². The first kappa shape index (κ1) is 19.6. The van der Waals surface area contributed by atoms with Crippen molar-refractivity contribution in [3.05, 3.63) is 0 Å². The van der Waals surface area contributed by atoms with E-state index in [1.54, 1.807) is 27.7 Å². The van der Waals surface area contributed by atoms with Gasteiger partial charge >= 0.3 is 11.9 Å². The smallest absolute Gasteiger partial charge is 0.317 e. The van der Waals surface area contributed by atoms with Gasteiger partial charge in [-0.15, -0.1) is 0 Å². The largest absolute Gasteiger partial charge is 0.466 e. The van der Waals surface area contributed by atoms with Crippen molar-refractivity contribution < 1.29 is 28.6 Å². The summed E-state index contributed by atoms with van der Waals surface area (Å²) in [6.45, 7) is 7.62. The Morgan fingerprint density at radius 2 is 1.83 bits per heavy atom. The summed E-state index contributed by atoms with van der Waals surface area (Å²) in [5.41, 5.74) is -0.686. The highest BCUT2D eigenvalue weighted by Crippen LogP contribution is 2.28. The van der Waals surface area contributed by atoms with Crippen LogP contribution in [0.5, 0.6) is 0 Å². The number of hydrogen-bond acceptors (Lipinski definition) is 6. The van der Waals surface area contributed by atoms with Crippen molar-refractivity contribution in [3.8, 4) is 0 Å². The molecule has 0 spiro atoms. The number of ether oxygens (including phenoxy) is 3. The molecule has 0 amide bonds. The van der Waals surface area contributed by atoms with Crippen LogP contribution in [-0.2, 0) is 28.6 Å². The van der Waals surface area contributed by atoms with E-state index in [0.29, 0.717) is 12.5 Å². The summed E-state index contributed by atoms with van der Waals surface area (Å²) < 4.78 is 15.5. The maximum Gasteiger partial charge on any atom is 0.317 e. The van der Waals surface area contributed by atoms with Crippen molar-refractivity contribution in [1.29, 1.82) is 0 Å². The summed E-state index contributed by atoms with van der Waals surface area (Å²) in [5.74, 6) is -1.82. The van der Waals surface area contributed by atoms with Gasteiger partial charge in [-0.3, -0.25) is 14.4 Å². The molecule has 132 valence electrons. The molecule has 0 aromatic carbocycles. The Labute approximate surface area is 137 Å². The molecule has 1 fully saturated rings. The zero-order chi connectivity index (χ0) is 17.5. The molecule has 0 aliphatic heterocycles. The second-order valence-electron chi connectivity index (χ2n) is 6.85. The highest BCUT2D eigenvalue weighted by molar-refractivity contribution is 6.00. The fourth-order valence-electron chi connectivity index (χ4n) is 1.99. The molecule has 0 aromatic rings. The van der Waals surface area contributed by atoms with Crippen LogP contribution in [0.15, 0.2) is 0 Å². The van der Waals surface area contributed by atoms with Crippen LogP contribution in [0.1, 0.15) is 53.4 Å². The molecule has 0 saturated heterocycles. The minimum Gasteiger partial charge on any atom is -0.466 e. The molecular formula is C17H28O6. The summed E-state index contributed by atoms with van der Waals surface area (Å²) in [6, 6.07) is 0. The summed E-state index contributed by atoms with van der Waals surface area (Å²) in [4.78, 5) is 36.0. The maximum atomic E-state index is 12.3. The van der Waals surface area contributed by atoms with Crippen molar-refractivity contribution in [2.75, 3.05) is 19.8 Å². The molecule has 1 atom stereocenters. The van der Waals surface area contributed by atoms with Gasteiger partial charge in [-0.05, 0) is 52.9 Å². The van der Waals surface area contributed by atoms with Crippen LogP contribution in [0.3, 0.4) is 0 Å². The first-order valence-electron chi connectivity index (χ1n) is 8.22. The standard InChI is InChI=1S/C17H28O6/c1-5-22-15(19)9-8-13(16(20)23-17(2,3)4)14(18)11-21-10-12-6-7-12/h12-13H,5-11H2,1-4H3. The third-order valence-corrected chi connectivity index (χ3v) is 3.32. The average Bonchev–Trinajstić information content (AvgIpc) is 3.21. The zero-order valence-electron chi connectivity index (χ0n) is 14.6. The van der Waals surface area contributed by atoms with Gasteiger partial charge in [-0.2, -0.15) is 0 Å². The van der Waals surface area contributed by atoms with Gasteiger partial charge in [0.1, 0.15) is 18.1 Å². The van der Waals surface area contributed by atoms with E-state index in [0.717, 1.165) is 12.8 Å². The van der Waals surface area contributed by atoms with E-state index in [1.807, 2.05) is 0 Å². The number of ketones is 1. The first-order chi connectivity index (χ1) is 10.7. The Morgan fingerprint density at radius 1 is 1.17 bits per heavy atom. The van der Waals surface area contributed by atoms with Crippen LogP contribution >= 0.6 is 0 Å². The Morgan fingerprint density at radius 3 is 2.35 bits per heavy atom. The van der Waals surface area contributed by atoms with E-state index >= 15 is 0 Å². The fourth-order valence-corrected chi connectivity index (χ4v) is 1.99. The Hall–Kier alpha value is -1.43. The molecule has 0 heterocycles. The van der Waals surface area contributed by atoms with Gasteiger partial charge in [0.2, 0.25) is 0 Å². The van der Waals surface area contributed by atoms with Gasteiger partial charge in [0.25, 0.3) is 0 Å². The predicted molar refractivity (Wildman–Crippen MR) is 83.8 cm³/mol. The number of hydrogen-bond donors (Lipinski definition) is 0. The molecule has 0 N–H and O–H groups in total. The zero-order valence-corrected chi connectivity index (χ0v) is 14.6. The van der Waals surface area contributed by atoms with Gasteiger partial charge in [-0.1, -0.05) is 0 Å². The molecule has 1 aliphatic carbocycles. The van der Waals surface area contributed by atoms with Gasteiger partial charge < -0.3 is 14.2 Å². The number of Topliss-reactive ketones (excluding diaryl/α,β-unsaturated/α-hetero) is 1. The second kappa shape index (κ2) is 9.01. The quantitative estimate of drug-likeness (QED) is 0.452. The van der Waals surface area contributed by atoms with E-state index in [4.69, 9.17) is 14.2 Å². The lowest BCUT2D eigenvalue weighted by Gasteiger charge is -2.23. The van der Waals surface area contributed by atoms with Crippen LogP contribution in [0.2, 0.25) is 0 Å². The molecule has 0 aromatic heterocycles. The molecule has 1 aliphatic rings. The van der Waals surface area contributed by atoms with E-state index in [1.165, 1.54) is 0 Å². The van der Waals surface area contributed by atoms with E-state index in [9.17, 15) is 14.4 Å². The van der Waals surface area contributed by atoms with Gasteiger partial charge in [-0.25, -0.2) is 0 Å². The van der Waals surface area contributed by atoms with Crippen molar-refractivity contribution >= 4 is 17.7 Å². The number of esters is 2. The predicted octanol–water partition coefficient (Wildman–Crippen LogP) is 2.28. The van der Waals surface area contributed by atoms with Crippen LogP contribution in [0.4, 0.5) is 0 Å². The molecular weight excluding hydrogens is 300 g/mol. The Kier molecular flexibility index (Phi) is 7.68. The van der Waals surface area contributed by atoms with Gasteiger partial charge in [0, 0.05) is 13.0 Å². The topological polar surface area (TPSA) is 78.9 Å². The van der Waals surface area contributed by atoms with Crippen molar-refractivity contribution in [2.45, 2.75) is 59.0 Å². The maximum absolute atomic E-state index is 12.3. The fraction of sp³-hybridized carbons (Fsp3) is 0.824. The second-order valence-corrected chi connectivity index (χ2v) is 6.85. The Bertz CT molecular complexity index is 419. The molecule has 0 bridgehead atoms. The molecule has 6 heteroatoms. The molecule has 6 nitrogen and oxygen atoms in total. The van der Waals surface area contributed by atoms with Gasteiger partial charge in [0.15, 0.2) is 5.78 Å². The van der Waals surface area contributed by atoms with E-state index < -0.39 is 23.5 Å². The van der Waals surface area contributed by atoms with Gasteiger partial charge in [0.05, 0.1) is 6.61 Å². The number of rotatable bonds is 10. The minimum atomic E-state index is -0.988. The van der Waals surface area contributed by atoms with Crippen LogP contribution in [0, 0.1) is 11.8 Å². The van der Waals surface area contributed by atoms with Crippen LogP contribution in [-0.4, -0.2) is 43.1 Å². The number of carbonyl (C=O) groups is 3. The lowest BCUT2D eigenvalue weighted by atomic mass is 9.98. The summed E-state index contributed by atoms with van der Waals surface area (Å²) in [7, 11) is 0. The highest BCUT2D eigenvalue weighted by Gasteiger charge is 2.32. The molecule has 1 saturated carbocycles. The monoisotopic (exact) mass is 328 g/mol. The summed E-state index contributed by atoms with van der Waals surface area (Å²) in [6.07, 6.45) is 2.35. The third kappa shape index (κ3) is 8.69.